The molecule has 0 bridgehead atoms. The molecule has 188 valence electrons. The highest BCUT2D eigenvalue weighted by Gasteiger charge is 2.44. The van der Waals surface area contributed by atoms with Crippen LogP contribution in [0.1, 0.15) is 24.5 Å². The van der Waals surface area contributed by atoms with Crippen molar-refractivity contribution in [3.05, 3.63) is 32.6 Å². The normalized spacial score (nSPS) is 22.6. The van der Waals surface area contributed by atoms with Crippen LogP contribution in [0, 0.1) is 0 Å². The average molecular weight is 486 g/mol. The minimum Gasteiger partial charge on any atom is -0.388 e. The fraction of sp³-hybridized carbons (Fsp3) is 0.529. The number of nitrogens with one attached hydrogen (secondary N) is 3. The van der Waals surface area contributed by atoms with Gasteiger partial charge in [0.25, 0.3) is 11.5 Å². The molecule has 1 saturated heterocycles. The van der Waals surface area contributed by atoms with E-state index in [-0.39, 0.29) is 23.5 Å². The van der Waals surface area contributed by atoms with Crippen LogP contribution < -0.4 is 33.8 Å². The molecule has 1 fully saturated rings. The number of ether oxygens (including phenoxy) is 1. The first kappa shape index (κ1) is 26.5. The van der Waals surface area contributed by atoms with E-state index in [0.717, 1.165) is 6.20 Å². The highest BCUT2D eigenvalue weighted by Crippen LogP contribution is 2.31. The van der Waals surface area contributed by atoms with Gasteiger partial charge in [0, 0.05) is 19.2 Å². The minimum absolute atomic E-state index is 0.0498. The maximum atomic E-state index is 12.6. The van der Waals surface area contributed by atoms with E-state index in [2.05, 4.69) is 15.3 Å². The summed E-state index contributed by atoms with van der Waals surface area (Å²) in [5.41, 5.74) is 13.5. The molecule has 1 aliphatic heterocycles. The molecule has 34 heavy (non-hydrogen) atoms. The van der Waals surface area contributed by atoms with Gasteiger partial charge in [0.15, 0.2) is 5.96 Å². The lowest BCUT2D eigenvalue weighted by atomic mass is 10.0. The number of aliphatic hydroxyl groups excluding tert-OH is 2. The fourth-order valence-electron chi connectivity index (χ4n) is 3.17. The maximum absolute atomic E-state index is 12.6. The van der Waals surface area contributed by atoms with Gasteiger partial charge in [-0.15, -0.1) is 0 Å². The molecule has 1 aliphatic rings. The molecule has 0 radical (unpaired) electrons. The summed E-state index contributed by atoms with van der Waals surface area (Å²) >= 11 is 0. The summed E-state index contributed by atoms with van der Waals surface area (Å²) in [6.45, 7) is -1.09. The number of carbonyl (C=O) groups excluding carboxylic acids is 3. The molecule has 5 atom stereocenters. The number of nitrogens with zero attached hydrogens (tertiary/aromatic N) is 2. The molecular weight excluding hydrogens is 460 g/mol. The van der Waals surface area contributed by atoms with Crippen LogP contribution in [0.3, 0.4) is 0 Å². The van der Waals surface area contributed by atoms with Crippen LogP contribution in [0.5, 0.6) is 0 Å². The molecule has 1 aromatic rings. The summed E-state index contributed by atoms with van der Waals surface area (Å²) in [6, 6.07) is -1.57. The van der Waals surface area contributed by atoms with E-state index in [1.807, 2.05) is 4.98 Å². The Morgan fingerprint density at radius 3 is 2.47 bits per heavy atom. The number of amides is 3. The van der Waals surface area contributed by atoms with Crippen LogP contribution in [0.25, 0.3) is 0 Å². The fourth-order valence-corrected chi connectivity index (χ4v) is 3.17. The number of aliphatic imine (C=N–C) groups is 1. The van der Waals surface area contributed by atoms with Crippen LogP contribution in [0.15, 0.2) is 20.8 Å². The van der Waals surface area contributed by atoms with Gasteiger partial charge in [-0.25, -0.2) is 14.9 Å². The van der Waals surface area contributed by atoms with E-state index in [4.69, 9.17) is 21.9 Å². The van der Waals surface area contributed by atoms with Gasteiger partial charge >= 0.3 is 5.69 Å². The largest absolute Gasteiger partial charge is 0.388 e. The Balaban J connectivity index is 2.09. The zero-order valence-electron chi connectivity index (χ0n) is 17.7. The quantitative estimate of drug-likeness (QED) is 0.0650. The number of aromatic amines is 2. The molecule has 12 N–H and O–H groups in total. The molecule has 2 rings (SSSR count). The smallest absolute Gasteiger partial charge is 0.325 e. The topological polar surface area (TPSA) is 293 Å². The van der Waals surface area contributed by atoms with E-state index in [0.29, 0.717) is 0 Å². The van der Waals surface area contributed by atoms with Gasteiger partial charge in [-0.3, -0.25) is 29.4 Å². The molecule has 0 aromatic carbocycles. The Morgan fingerprint density at radius 2 is 1.88 bits per heavy atom. The number of hydrogen-bond donors (Lipinski definition) is 9. The van der Waals surface area contributed by atoms with Crippen molar-refractivity contribution in [3.63, 3.8) is 0 Å². The molecule has 0 spiro atoms. The predicted molar refractivity (Wildman–Crippen MR) is 112 cm³/mol. The standard InChI is InChI=1S/C17H26N8O9/c18-9(26)2-1-7(25(33)10(27)5-22-16(19)20)15(31)21-4-8-11(28)12(29)13(34-8)6-3-23-17(32)24-14(6)30/h3,7-8,11-13,28-29,33H,1-2,4-5H2,(H2,18,26)(H,21,31)(H4,19,20,22)(H2,23,24,30,32)/t7?,8-,11-,12-,13+/m1/s1. The SMILES string of the molecule is NC(=O)CCC(C(=O)NC[C@H]1O[C@@H](c2c[nH]c(=O)[nH]c2=O)[C@H](O)[C@@H]1O)N(O)C(=O)CN=C(N)N. The van der Waals surface area contributed by atoms with Crippen molar-refractivity contribution in [1.29, 1.82) is 0 Å². The van der Waals surface area contributed by atoms with Crippen LogP contribution in [-0.4, -0.2) is 91.6 Å². The van der Waals surface area contributed by atoms with Crippen LogP contribution in [-0.2, 0) is 19.1 Å². The van der Waals surface area contributed by atoms with Gasteiger partial charge in [0.1, 0.15) is 37.0 Å². The van der Waals surface area contributed by atoms with E-state index in [9.17, 15) is 39.4 Å². The molecule has 0 aliphatic carbocycles. The lowest BCUT2D eigenvalue weighted by Gasteiger charge is -2.25. The van der Waals surface area contributed by atoms with Gasteiger partial charge in [-0.1, -0.05) is 0 Å². The first-order valence-corrected chi connectivity index (χ1v) is 9.88. The molecular formula is C17H26N8O9. The zero-order chi connectivity index (χ0) is 25.6. The molecule has 0 saturated carbocycles. The van der Waals surface area contributed by atoms with Crippen LogP contribution in [0.2, 0.25) is 0 Å². The number of primary amides is 1. The number of nitrogens with two attached hydrogens (primary N) is 3. The Bertz CT molecular complexity index is 1050. The highest BCUT2D eigenvalue weighted by atomic mass is 16.5. The summed E-state index contributed by atoms with van der Waals surface area (Å²) in [5.74, 6) is -3.23. The number of guanidine groups is 1. The summed E-state index contributed by atoms with van der Waals surface area (Å²) < 4.78 is 5.47. The molecule has 2 heterocycles. The third kappa shape index (κ3) is 6.61. The van der Waals surface area contributed by atoms with E-state index < -0.39 is 78.5 Å². The monoisotopic (exact) mass is 486 g/mol. The lowest BCUT2D eigenvalue weighted by Crippen LogP contribution is -2.51. The number of aliphatic hydroxyl groups is 2. The number of H-pyrrole nitrogens is 2. The molecule has 17 nitrogen and oxygen atoms in total. The van der Waals surface area contributed by atoms with Gasteiger partial charge in [0.2, 0.25) is 11.8 Å². The molecule has 3 amide bonds. The van der Waals surface area contributed by atoms with Crippen molar-refractivity contribution in [1.82, 2.24) is 20.3 Å². The second-order valence-corrected chi connectivity index (χ2v) is 7.35. The van der Waals surface area contributed by atoms with Gasteiger partial charge in [-0.2, -0.15) is 0 Å². The molecule has 17 heteroatoms. The third-order valence-corrected chi connectivity index (χ3v) is 4.91. The first-order valence-electron chi connectivity index (χ1n) is 9.88. The van der Waals surface area contributed by atoms with Crippen LogP contribution >= 0.6 is 0 Å². The predicted octanol–water partition coefficient (Wildman–Crippen LogP) is -5.53. The van der Waals surface area contributed by atoms with Crippen molar-refractivity contribution in [2.24, 2.45) is 22.2 Å². The summed E-state index contributed by atoms with van der Waals surface area (Å²) in [7, 11) is 0. The minimum atomic E-state index is -1.57. The van der Waals surface area contributed by atoms with Crippen molar-refractivity contribution < 1.29 is 34.5 Å². The Hall–Kier alpha value is -3.80. The van der Waals surface area contributed by atoms with Gasteiger partial charge in [0.05, 0.1) is 5.56 Å². The highest BCUT2D eigenvalue weighted by molar-refractivity contribution is 5.89. The van der Waals surface area contributed by atoms with Crippen molar-refractivity contribution in [2.45, 2.75) is 43.3 Å². The first-order chi connectivity index (χ1) is 15.9. The van der Waals surface area contributed by atoms with Gasteiger partial charge in [-0.05, 0) is 6.42 Å². The Kier molecular flexibility index (Phi) is 8.84. The summed E-state index contributed by atoms with van der Waals surface area (Å²) in [4.78, 5) is 66.5. The summed E-state index contributed by atoms with van der Waals surface area (Å²) in [5, 5.41) is 33.0. The number of rotatable bonds is 10. The average Bonchev–Trinajstić information content (AvgIpc) is 3.04. The maximum Gasteiger partial charge on any atom is 0.325 e. The second-order valence-electron chi connectivity index (χ2n) is 7.35. The number of aromatic nitrogens is 2. The molecule has 1 unspecified atom stereocenters. The second kappa shape index (κ2) is 11.4. The lowest BCUT2D eigenvalue weighted by molar-refractivity contribution is -0.179. The van der Waals surface area contributed by atoms with Gasteiger partial charge < -0.3 is 42.5 Å². The number of hydrogen-bond acceptors (Lipinski definition) is 10. The summed E-state index contributed by atoms with van der Waals surface area (Å²) in [6.07, 6.45) is -5.34. The molecule has 1 aromatic heterocycles. The van der Waals surface area contributed by atoms with Crippen molar-refractivity contribution >= 4 is 23.7 Å². The zero-order valence-corrected chi connectivity index (χ0v) is 17.7. The number of carbonyl (C=O) groups is 3. The van der Waals surface area contributed by atoms with E-state index in [1.165, 1.54) is 0 Å². The third-order valence-electron chi connectivity index (χ3n) is 4.91. The number of hydroxylamine groups is 2. The Labute approximate surface area is 190 Å². The van der Waals surface area contributed by atoms with Crippen LogP contribution in [0.4, 0.5) is 0 Å². The van der Waals surface area contributed by atoms with E-state index >= 15 is 0 Å². The van der Waals surface area contributed by atoms with Crippen molar-refractivity contribution in [2.75, 3.05) is 13.1 Å². The Morgan fingerprint density at radius 1 is 1.21 bits per heavy atom. The van der Waals surface area contributed by atoms with Crippen molar-refractivity contribution in [3.8, 4) is 0 Å². The van der Waals surface area contributed by atoms with E-state index in [1.54, 1.807) is 0 Å².